The molecule has 0 spiro atoms. The Morgan fingerprint density at radius 1 is 1.13 bits per heavy atom. The topological polar surface area (TPSA) is 81.4 Å². The average Bonchev–Trinajstić information content (AvgIpc) is 2.43. The maximum absolute atomic E-state index is 12.9. The second-order valence-electron chi connectivity index (χ2n) is 4.51. The normalized spacial score (nSPS) is 10.2. The number of carbonyl (C=O) groups excluding carboxylic acids is 2. The maximum atomic E-state index is 12.9. The zero-order chi connectivity index (χ0) is 17.0. The number of amides is 1. The molecule has 23 heavy (non-hydrogen) atoms. The van der Waals surface area contributed by atoms with Gasteiger partial charge in [-0.3, -0.25) is 4.79 Å². The molecule has 0 aliphatic carbocycles. The Morgan fingerprint density at radius 2 is 1.78 bits per heavy atom. The number of ether oxygens (including phenoxy) is 1. The molecule has 0 saturated heterocycles. The Hall–Kier alpha value is -2.31. The molecule has 0 heterocycles. The molecule has 1 amide bonds. The Labute approximate surface area is 141 Å². The van der Waals surface area contributed by atoms with E-state index in [2.05, 4.69) is 5.32 Å². The minimum absolute atomic E-state index is 0.0231. The van der Waals surface area contributed by atoms with E-state index in [1.807, 2.05) is 0 Å². The summed E-state index contributed by atoms with van der Waals surface area (Å²) in [5.74, 6) is -1.99. The van der Waals surface area contributed by atoms with Crippen LogP contribution in [0.25, 0.3) is 0 Å². The van der Waals surface area contributed by atoms with Crippen LogP contribution in [0.3, 0.4) is 0 Å². The van der Waals surface area contributed by atoms with Crippen molar-refractivity contribution in [3.63, 3.8) is 0 Å². The number of hydrogen-bond acceptors (Lipinski definition) is 4. The number of esters is 1. The van der Waals surface area contributed by atoms with Crippen LogP contribution >= 0.6 is 23.2 Å². The lowest BCUT2D eigenvalue weighted by molar-refractivity contribution is -0.119. The third-order valence-electron chi connectivity index (χ3n) is 2.71. The summed E-state index contributed by atoms with van der Waals surface area (Å²) in [7, 11) is 0. The minimum Gasteiger partial charge on any atom is -0.452 e. The van der Waals surface area contributed by atoms with E-state index in [1.54, 1.807) is 0 Å². The summed E-state index contributed by atoms with van der Waals surface area (Å²) >= 11 is 11.6. The van der Waals surface area contributed by atoms with E-state index in [-0.39, 0.29) is 11.3 Å². The third-order valence-corrected chi connectivity index (χ3v) is 3.15. The van der Waals surface area contributed by atoms with Crippen molar-refractivity contribution in [2.45, 2.75) is 0 Å². The molecule has 8 heteroatoms. The van der Waals surface area contributed by atoms with Crippen LogP contribution in [0.5, 0.6) is 0 Å². The molecule has 3 N–H and O–H groups in total. The van der Waals surface area contributed by atoms with E-state index in [1.165, 1.54) is 24.3 Å². The first-order valence-corrected chi connectivity index (χ1v) is 7.09. The van der Waals surface area contributed by atoms with Crippen molar-refractivity contribution in [1.82, 2.24) is 0 Å². The van der Waals surface area contributed by atoms with E-state index in [0.717, 1.165) is 12.1 Å². The first-order chi connectivity index (χ1) is 10.8. The van der Waals surface area contributed by atoms with E-state index < -0.39 is 24.3 Å². The van der Waals surface area contributed by atoms with Crippen LogP contribution in [0.15, 0.2) is 36.4 Å². The second kappa shape index (κ2) is 7.30. The molecule has 5 nitrogen and oxygen atoms in total. The highest BCUT2D eigenvalue weighted by Gasteiger charge is 2.14. The molecule has 0 bridgehead atoms. The van der Waals surface area contributed by atoms with Gasteiger partial charge in [-0.05, 0) is 36.4 Å². The highest BCUT2D eigenvalue weighted by atomic mass is 35.5. The van der Waals surface area contributed by atoms with Gasteiger partial charge in [-0.25, -0.2) is 9.18 Å². The van der Waals surface area contributed by atoms with Gasteiger partial charge in [0, 0.05) is 21.4 Å². The Kier molecular flexibility index (Phi) is 5.41. The van der Waals surface area contributed by atoms with Crippen molar-refractivity contribution in [1.29, 1.82) is 0 Å². The monoisotopic (exact) mass is 356 g/mol. The standard InChI is InChI=1S/C15H11Cl2FN2O3/c16-8-3-9(17)5-11(4-8)20-14(21)7-23-15(22)12-2-1-10(18)6-13(12)19/h1-6H,7,19H2,(H,20,21). The number of nitrogen functional groups attached to an aromatic ring is 1. The predicted octanol–water partition coefficient (Wildman–Crippen LogP) is 3.51. The first-order valence-electron chi connectivity index (χ1n) is 6.33. The van der Waals surface area contributed by atoms with Gasteiger partial charge in [-0.2, -0.15) is 0 Å². The molecular weight excluding hydrogens is 346 g/mol. The zero-order valence-corrected chi connectivity index (χ0v) is 13.1. The molecule has 0 atom stereocenters. The maximum Gasteiger partial charge on any atom is 0.340 e. The molecule has 0 fully saturated rings. The Bertz CT molecular complexity index is 748. The highest BCUT2D eigenvalue weighted by molar-refractivity contribution is 6.35. The molecule has 2 aromatic rings. The molecule has 0 aliphatic rings. The minimum atomic E-state index is -0.832. The largest absolute Gasteiger partial charge is 0.452 e. The number of anilines is 2. The molecule has 0 radical (unpaired) electrons. The number of nitrogens with one attached hydrogen (secondary N) is 1. The van der Waals surface area contributed by atoms with Crippen molar-refractivity contribution < 1.29 is 18.7 Å². The summed E-state index contributed by atoms with van der Waals surface area (Å²) in [5, 5.41) is 3.18. The molecular formula is C15H11Cl2FN2O3. The van der Waals surface area contributed by atoms with Crippen LogP contribution < -0.4 is 11.1 Å². The lowest BCUT2D eigenvalue weighted by Gasteiger charge is -2.08. The Morgan fingerprint density at radius 3 is 2.39 bits per heavy atom. The summed E-state index contributed by atoms with van der Waals surface area (Å²) in [6.45, 7) is -0.542. The molecule has 120 valence electrons. The molecule has 2 aromatic carbocycles. The van der Waals surface area contributed by atoms with Gasteiger partial charge >= 0.3 is 5.97 Å². The SMILES string of the molecule is Nc1cc(F)ccc1C(=O)OCC(=O)Nc1cc(Cl)cc(Cl)c1. The molecule has 0 aromatic heterocycles. The molecule has 0 aliphatic heterocycles. The number of rotatable bonds is 4. The molecule has 0 unspecified atom stereocenters. The lowest BCUT2D eigenvalue weighted by atomic mass is 10.2. The fourth-order valence-electron chi connectivity index (χ4n) is 1.75. The summed E-state index contributed by atoms with van der Waals surface area (Å²) < 4.78 is 17.7. The van der Waals surface area contributed by atoms with Crippen LogP contribution in [0.2, 0.25) is 10.0 Å². The zero-order valence-electron chi connectivity index (χ0n) is 11.6. The van der Waals surface area contributed by atoms with E-state index in [9.17, 15) is 14.0 Å². The van der Waals surface area contributed by atoms with Crippen LogP contribution in [0, 0.1) is 5.82 Å². The van der Waals surface area contributed by atoms with Gasteiger partial charge in [0.25, 0.3) is 5.91 Å². The van der Waals surface area contributed by atoms with Gasteiger partial charge in [0.1, 0.15) is 5.82 Å². The van der Waals surface area contributed by atoms with Gasteiger partial charge in [0.15, 0.2) is 6.61 Å². The average molecular weight is 357 g/mol. The summed E-state index contributed by atoms with van der Waals surface area (Å²) in [5.41, 5.74) is 5.79. The van der Waals surface area contributed by atoms with Gasteiger partial charge < -0.3 is 15.8 Å². The number of hydrogen-bond donors (Lipinski definition) is 2. The van der Waals surface area contributed by atoms with Crippen molar-refractivity contribution in [2.75, 3.05) is 17.7 Å². The number of carbonyl (C=O) groups is 2. The highest BCUT2D eigenvalue weighted by Crippen LogP contribution is 2.22. The molecule has 2 rings (SSSR count). The van der Waals surface area contributed by atoms with Gasteiger partial charge in [-0.1, -0.05) is 23.2 Å². The number of benzene rings is 2. The lowest BCUT2D eigenvalue weighted by Crippen LogP contribution is -2.21. The summed E-state index contributed by atoms with van der Waals surface area (Å²) in [6.07, 6.45) is 0. The van der Waals surface area contributed by atoms with Crippen LogP contribution in [-0.4, -0.2) is 18.5 Å². The number of halogens is 3. The third kappa shape index (κ3) is 4.84. The van der Waals surface area contributed by atoms with E-state index in [4.69, 9.17) is 33.7 Å². The predicted molar refractivity (Wildman–Crippen MR) is 86.2 cm³/mol. The van der Waals surface area contributed by atoms with Crippen LogP contribution in [-0.2, 0) is 9.53 Å². The molecule has 0 saturated carbocycles. The fourth-order valence-corrected chi connectivity index (χ4v) is 2.28. The van der Waals surface area contributed by atoms with Crippen molar-refractivity contribution >= 4 is 46.5 Å². The van der Waals surface area contributed by atoms with Crippen molar-refractivity contribution in [2.24, 2.45) is 0 Å². The Balaban J connectivity index is 1.94. The van der Waals surface area contributed by atoms with Gasteiger partial charge in [-0.15, -0.1) is 0 Å². The summed E-state index contributed by atoms with van der Waals surface area (Å²) in [6, 6.07) is 7.74. The van der Waals surface area contributed by atoms with Crippen LogP contribution in [0.1, 0.15) is 10.4 Å². The smallest absolute Gasteiger partial charge is 0.340 e. The van der Waals surface area contributed by atoms with E-state index in [0.29, 0.717) is 15.7 Å². The van der Waals surface area contributed by atoms with Crippen LogP contribution in [0.4, 0.5) is 15.8 Å². The quantitative estimate of drug-likeness (QED) is 0.648. The van der Waals surface area contributed by atoms with Gasteiger partial charge in [0.2, 0.25) is 0 Å². The fraction of sp³-hybridized carbons (Fsp3) is 0.0667. The van der Waals surface area contributed by atoms with Crippen molar-refractivity contribution in [3.8, 4) is 0 Å². The van der Waals surface area contributed by atoms with E-state index >= 15 is 0 Å². The first kappa shape index (κ1) is 17.1. The van der Waals surface area contributed by atoms with Crippen molar-refractivity contribution in [3.05, 3.63) is 57.8 Å². The van der Waals surface area contributed by atoms with Gasteiger partial charge in [0.05, 0.1) is 5.56 Å². The summed E-state index contributed by atoms with van der Waals surface area (Å²) in [4.78, 5) is 23.5. The second-order valence-corrected chi connectivity index (χ2v) is 5.39. The number of nitrogens with two attached hydrogens (primary N) is 1.